The highest BCUT2D eigenvalue weighted by Gasteiger charge is 2.58. The van der Waals surface area contributed by atoms with Crippen LogP contribution < -0.4 is 5.32 Å². The fourth-order valence-electron chi connectivity index (χ4n) is 3.19. The Kier molecular flexibility index (Phi) is 3.04. The Balaban J connectivity index is 1.80. The highest BCUT2D eigenvalue weighted by Crippen LogP contribution is 2.51. The van der Waals surface area contributed by atoms with Crippen molar-refractivity contribution in [1.82, 2.24) is 5.32 Å². The van der Waals surface area contributed by atoms with Crippen molar-refractivity contribution in [2.75, 3.05) is 13.2 Å². The summed E-state index contributed by atoms with van der Waals surface area (Å²) in [6.07, 6.45) is 8.91. The van der Waals surface area contributed by atoms with Gasteiger partial charge in [-0.15, -0.1) is 12.3 Å². The minimum Gasteiger partial charge on any atom is -0.377 e. The van der Waals surface area contributed by atoms with Crippen LogP contribution in [0.3, 0.4) is 0 Å². The zero-order valence-electron chi connectivity index (χ0n) is 9.75. The van der Waals surface area contributed by atoms with E-state index >= 15 is 0 Å². The number of fused-ring (bicyclic) bond motifs is 1. The van der Waals surface area contributed by atoms with Crippen molar-refractivity contribution in [2.24, 2.45) is 11.3 Å². The first-order valence-corrected chi connectivity index (χ1v) is 5.96. The third kappa shape index (κ3) is 1.79. The standard InChI is InChI=1S/C13H21NO/c1-4-5-6-8-14-11-10-7-9-15-12(10)13(11,2)3/h1,10-12,14H,5-9H2,2-3H3. The summed E-state index contributed by atoms with van der Waals surface area (Å²) < 4.78 is 5.75. The van der Waals surface area contributed by atoms with Crippen molar-refractivity contribution in [3.8, 4) is 12.3 Å². The number of hydrogen-bond acceptors (Lipinski definition) is 2. The van der Waals surface area contributed by atoms with Gasteiger partial charge in [-0.1, -0.05) is 13.8 Å². The van der Waals surface area contributed by atoms with E-state index in [0.29, 0.717) is 17.6 Å². The summed E-state index contributed by atoms with van der Waals surface area (Å²) >= 11 is 0. The van der Waals surface area contributed by atoms with Crippen LogP contribution in [-0.2, 0) is 4.74 Å². The molecule has 1 heterocycles. The highest BCUT2D eigenvalue weighted by molar-refractivity contribution is 5.11. The molecule has 1 aliphatic carbocycles. The molecule has 3 atom stereocenters. The molecule has 0 radical (unpaired) electrons. The molecule has 2 fully saturated rings. The van der Waals surface area contributed by atoms with Crippen molar-refractivity contribution < 1.29 is 4.74 Å². The third-order valence-electron chi connectivity index (χ3n) is 3.96. The van der Waals surface area contributed by atoms with Crippen LogP contribution in [0.1, 0.15) is 33.1 Å². The molecule has 0 aromatic carbocycles. The van der Waals surface area contributed by atoms with E-state index in [-0.39, 0.29) is 0 Å². The van der Waals surface area contributed by atoms with Gasteiger partial charge in [-0.25, -0.2) is 0 Å². The predicted molar refractivity (Wildman–Crippen MR) is 61.5 cm³/mol. The molecule has 2 aliphatic rings. The van der Waals surface area contributed by atoms with Crippen LogP contribution in [0.5, 0.6) is 0 Å². The summed E-state index contributed by atoms with van der Waals surface area (Å²) in [5.74, 6) is 3.42. The van der Waals surface area contributed by atoms with Gasteiger partial charge in [-0.3, -0.25) is 0 Å². The van der Waals surface area contributed by atoms with E-state index in [1.54, 1.807) is 0 Å². The van der Waals surface area contributed by atoms with E-state index in [9.17, 15) is 0 Å². The maximum Gasteiger partial charge on any atom is 0.0685 e. The van der Waals surface area contributed by atoms with Gasteiger partial charge in [0.05, 0.1) is 6.10 Å². The van der Waals surface area contributed by atoms with Gasteiger partial charge in [0.15, 0.2) is 0 Å². The third-order valence-corrected chi connectivity index (χ3v) is 3.96. The lowest BCUT2D eigenvalue weighted by Gasteiger charge is -2.55. The quantitative estimate of drug-likeness (QED) is 0.560. The van der Waals surface area contributed by atoms with Crippen LogP contribution in [0.25, 0.3) is 0 Å². The number of nitrogens with one attached hydrogen (secondary N) is 1. The summed E-state index contributed by atoms with van der Waals surface area (Å²) in [5.41, 5.74) is 0.303. The second kappa shape index (κ2) is 4.15. The van der Waals surface area contributed by atoms with Crippen LogP contribution in [0.15, 0.2) is 0 Å². The van der Waals surface area contributed by atoms with E-state index in [4.69, 9.17) is 11.2 Å². The second-order valence-corrected chi connectivity index (χ2v) is 5.30. The first-order valence-electron chi connectivity index (χ1n) is 5.96. The Morgan fingerprint density at radius 2 is 2.33 bits per heavy atom. The van der Waals surface area contributed by atoms with Gasteiger partial charge in [-0.2, -0.15) is 0 Å². The van der Waals surface area contributed by atoms with Crippen LogP contribution in [0.4, 0.5) is 0 Å². The van der Waals surface area contributed by atoms with Gasteiger partial charge < -0.3 is 10.1 Å². The lowest BCUT2D eigenvalue weighted by molar-refractivity contribution is -0.112. The molecule has 0 amide bonds. The maximum atomic E-state index is 5.75. The predicted octanol–water partition coefficient (Wildman–Crippen LogP) is 1.80. The smallest absolute Gasteiger partial charge is 0.0685 e. The minimum atomic E-state index is 0.303. The Morgan fingerprint density at radius 3 is 3.07 bits per heavy atom. The first-order chi connectivity index (χ1) is 7.18. The molecule has 1 saturated heterocycles. The highest BCUT2D eigenvalue weighted by atomic mass is 16.5. The lowest BCUT2D eigenvalue weighted by Crippen LogP contribution is -2.65. The normalized spacial score (nSPS) is 36.7. The van der Waals surface area contributed by atoms with Gasteiger partial charge in [0, 0.05) is 30.4 Å². The Morgan fingerprint density at radius 1 is 1.53 bits per heavy atom. The molecule has 1 N–H and O–H groups in total. The van der Waals surface area contributed by atoms with Gasteiger partial charge in [0.2, 0.25) is 0 Å². The van der Waals surface area contributed by atoms with E-state index < -0.39 is 0 Å². The fraction of sp³-hybridized carbons (Fsp3) is 0.846. The molecular formula is C13H21NO. The zero-order chi connectivity index (χ0) is 10.9. The van der Waals surface area contributed by atoms with Gasteiger partial charge in [-0.05, 0) is 19.4 Å². The summed E-state index contributed by atoms with van der Waals surface area (Å²) in [5, 5.41) is 3.64. The molecule has 84 valence electrons. The SMILES string of the molecule is C#CCCCNC1C2CCOC2C1(C)C. The molecule has 0 aromatic rings. The molecule has 0 spiro atoms. The Hall–Kier alpha value is -0.520. The molecule has 15 heavy (non-hydrogen) atoms. The van der Waals surface area contributed by atoms with Gasteiger partial charge in [0.1, 0.15) is 0 Å². The topological polar surface area (TPSA) is 21.3 Å². The lowest BCUT2D eigenvalue weighted by atomic mass is 9.57. The summed E-state index contributed by atoms with van der Waals surface area (Å²) in [6, 6.07) is 0.628. The molecule has 0 aromatic heterocycles. The van der Waals surface area contributed by atoms with Crippen LogP contribution in [-0.4, -0.2) is 25.3 Å². The summed E-state index contributed by atoms with van der Waals surface area (Å²) in [6.45, 7) is 6.60. The molecular weight excluding hydrogens is 186 g/mol. The fourth-order valence-corrected chi connectivity index (χ4v) is 3.19. The van der Waals surface area contributed by atoms with Crippen molar-refractivity contribution in [2.45, 2.75) is 45.3 Å². The number of unbranched alkanes of at least 4 members (excludes halogenated alkanes) is 1. The number of hydrogen-bond donors (Lipinski definition) is 1. The Bertz CT molecular complexity index is 266. The molecule has 2 nitrogen and oxygen atoms in total. The average Bonchev–Trinajstić information content (AvgIpc) is 2.64. The minimum absolute atomic E-state index is 0.303. The first kappa shape index (κ1) is 11.0. The molecule has 1 saturated carbocycles. The van der Waals surface area contributed by atoms with Crippen LogP contribution in [0.2, 0.25) is 0 Å². The summed E-state index contributed by atoms with van der Waals surface area (Å²) in [4.78, 5) is 0. The monoisotopic (exact) mass is 207 g/mol. The van der Waals surface area contributed by atoms with Crippen LogP contribution in [0, 0.1) is 23.7 Å². The van der Waals surface area contributed by atoms with E-state index in [0.717, 1.165) is 31.9 Å². The van der Waals surface area contributed by atoms with E-state index in [1.165, 1.54) is 6.42 Å². The van der Waals surface area contributed by atoms with Crippen molar-refractivity contribution in [3.05, 3.63) is 0 Å². The van der Waals surface area contributed by atoms with E-state index in [1.807, 2.05) is 0 Å². The van der Waals surface area contributed by atoms with Crippen molar-refractivity contribution >= 4 is 0 Å². The van der Waals surface area contributed by atoms with Gasteiger partial charge >= 0.3 is 0 Å². The summed E-state index contributed by atoms with van der Waals surface area (Å²) in [7, 11) is 0. The number of ether oxygens (including phenoxy) is 1. The molecule has 2 heteroatoms. The van der Waals surface area contributed by atoms with E-state index in [2.05, 4.69) is 25.1 Å². The number of rotatable bonds is 4. The number of terminal acetylenes is 1. The molecule has 3 unspecified atom stereocenters. The average molecular weight is 207 g/mol. The van der Waals surface area contributed by atoms with Gasteiger partial charge in [0.25, 0.3) is 0 Å². The molecule has 0 bridgehead atoms. The zero-order valence-corrected chi connectivity index (χ0v) is 9.75. The largest absolute Gasteiger partial charge is 0.377 e. The van der Waals surface area contributed by atoms with Crippen LogP contribution >= 0.6 is 0 Å². The van der Waals surface area contributed by atoms with Crippen molar-refractivity contribution in [1.29, 1.82) is 0 Å². The molecule has 1 aliphatic heterocycles. The Labute approximate surface area is 92.8 Å². The van der Waals surface area contributed by atoms with Crippen molar-refractivity contribution in [3.63, 3.8) is 0 Å². The second-order valence-electron chi connectivity index (χ2n) is 5.30. The molecule has 2 rings (SSSR count). The maximum absolute atomic E-state index is 5.75.